The Labute approximate surface area is 165 Å². The largest absolute Gasteiger partial charge is 0.493 e. The number of methoxy groups -OCH3 is 2. The third-order valence-corrected chi connectivity index (χ3v) is 5.30. The average molecular weight is 385 g/mol. The number of ether oxygens (including phenoxy) is 3. The highest BCUT2D eigenvalue weighted by molar-refractivity contribution is 6.03. The second kappa shape index (κ2) is 8.50. The van der Waals surface area contributed by atoms with Crippen LogP contribution >= 0.6 is 0 Å². The zero-order chi connectivity index (χ0) is 20.3. The first-order valence-electron chi connectivity index (χ1n) is 9.63. The highest BCUT2D eigenvalue weighted by Crippen LogP contribution is 2.38. The molecule has 0 spiro atoms. The number of hydrogen-bond acceptors (Lipinski definition) is 5. The zero-order valence-corrected chi connectivity index (χ0v) is 16.9. The summed E-state index contributed by atoms with van der Waals surface area (Å²) >= 11 is 0. The summed E-state index contributed by atoms with van der Waals surface area (Å²) in [6.07, 6.45) is 2.83. The zero-order valence-electron chi connectivity index (χ0n) is 16.9. The number of esters is 1. The van der Waals surface area contributed by atoms with Crippen LogP contribution in [-0.4, -0.2) is 37.6 Å². The second-order valence-corrected chi connectivity index (χ2v) is 7.11. The van der Waals surface area contributed by atoms with E-state index in [2.05, 4.69) is 4.98 Å². The fourth-order valence-corrected chi connectivity index (χ4v) is 3.76. The third-order valence-electron chi connectivity index (χ3n) is 5.30. The average Bonchev–Trinajstić information content (AvgIpc) is 3.04. The van der Waals surface area contributed by atoms with Gasteiger partial charge in [0.1, 0.15) is 5.69 Å². The van der Waals surface area contributed by atoms with Gasteiger partial charge in [0.25, 0.3) is 0 Å². The summed E-state index contributed by atoms with van der Waals surface area (Å²) in [5.41, 5.74) is 3.53. The van der Waals surface area contributed by atoms with Crippen molar-refractivity contribution in [3.63, 3.8) is 0 Å². The Morgan fingerprint density at radius 3 is 2.61 bits per heavy atom. The van der Waals surface area contributed by atoms with Crippen LogP contribution in [0.5, 0.6) is 11.5 Å². The van der Waals surface area contributed by atoms with E-state index in [0.29, 0.717) is 47.8 Å². The van der Waals surface area contributed by atoms with Gasteiger partial charge in [-0.2, -0.15) is 0 Å². The number of H-pyrrole nitrogens is 1. The highest BCUT2D eigenvalue weighted by Gasteiger charge is 2.32. The predicted octanol–water partition coefficient (Wildman–Crippen LogP) is 4.21. The molecule has 0 saturated heterocycles. The Morgan fingerprint density at radius 2 is 1.93 bits per heavy atom. The van der Waals surface area contributed by atoms with Gasteiger partial charge in [-0.3, -0.25) is 4.79 Å². The van der Waals surface area contributed by atoms with Crippen molar-refractivity contribution in [1.82, 2.24) is 4.98 Å². The van der Waals surface area contributed by atoms with Crippen molar-refractivity contribution in [3.8, 4) is 11.5 Å². The van der Waals surface area contributed by atoms with Gasteiger partial charge in [-0.1, -0.05) is 19.4 Å². The summed E-state index contributed by atoms with van der Waals surface area (Å²) in [6, 6.07) is 5.72. The number of aromatic amines is 1. The number of fused-ring (bicyclic) bond motifs is 1. The van der Waals surface area contributed by atoms with Crippen molar-refractivity contribution < 1.29 is 23.8 Å². The van der Waals surface area contributed by atoms with E-state index in [-0.39, 0.29) is 11.7 Å². The van der Waals surface area contributed by atoms with E-state index < -0.39 is 5.97 Å². The van der Waals surface area contributed by atoms with E-state index in [4.69, 9.17) is 14.2 Å². The number of hydrogen-bond donors (Lipinski definition) is 1. The lowest BCUT2D eigenvalue weighted by atomic mass is 9.81. The van der Waals surface area contributed by atoms with Crippen LogP contribution in [0, 0.1) is 6.92 Å². The number of aromatic nitrogens is 1. The second-order valence-electron chi connectivity index (χ2n) is 7.11. The molecule has 0 unspecified atom stereocenters. The molecule has 1 aliphatic carbocycles. The number of carbonyl (C=O) groups excluding carboxylic acids is 2. The number of Topliss-reactive ketones (excluding diaryl/α,β-unsaturated/α-hetero) is 1. The molecule has 2 aromatic rings. The van der Waals surface area contributed by atoms with Crippen LogP contribution in [0.2, 0.25) is 0 Å². The summed E-state index contributed by atoms with van der Waals surface area (Å²) in [5, 5.41) is 0. The lowest BCUT2D eigenvalue weighted by Gasteiger charge is -2.23. The van der Waals surface area contributed by atoms with Crippen LogP contribution in [0.15, 0.2) is 18.2 Å². The number of carbonyl (C=O) groups is 2. The molecule has 1 N–H and O–H groups in total. The van der Waals surface area contributed by atoms with Crippen molar-refractivity contribution in [2.75, 3.05) is 20.8 Å². The standard InChI is InChI=1S/C22H27NO5/c1-5-6-9-28-22(25)21-13(2)20-16(23-21)10-15(11-17(20)24)14-7-8-18(26-3)19(12-14)27-4/h7-8,12,15,23H,5-6,9-11H2,1-4H3/t15-/m1/s1. The normalized spacial score (nSPS) is 15.9. The van der Waals surface area contributed by atoms with Gasteiger partial charge in [-0.25, -0.2) is 4.79 Å². The van der Waals surface area contributed by atoms with E-state index in [1.54, 1.807) is 21.1 Å². The first-order chi connectivity index (χ1) is 13.5. The molecule has 6 heteroatoms. The molecule has 1 atom stereocenters. The number of rotatable bonds is 7. The number of ketones is 1. The van der Waals surface area contributed by atoms with Crippen LogP contribution in [0.1, 0.15) is 69.8 Å². The summed E-state index contributed by atoms with van der Waals surface area (Å²) in [7, 11) is 3.19. The van der Waals surface area contributed by atoms with Crippen molar-refractivity contribution in [2.24, 2.45) is 0 Å². The molecule has 0 fully saturated rings. The molecule has 3 rings (SSSR count). The maximum atomic E-state index is 12.8. The van der Waals surface area contributed by atoms with Crippen LogP contribution in [0.25, 0.3) is 0 Å². The molecule has 150 valence electrons. The van der Waals surface area contributed by atoms with Crippen LogP contribution < -0.4 is 9.47 Å². The Morgan fingerprint density at radius 1 is 1.18 bits per heavy atom. The Balaban J connectivity index is 1.86. The van der Waals surface area contributed by atoms with Crippen LogP contribution in [0.4, 0.5) is 0 Å². The molecule has 28 heavy (non-hydrogen) atoms. The van der Waals surface area contributed by atoms with Crippen LogP contribution in [0.3, 0.4) is 0 Å². The molecule has 0 aliphatic heterocycles. The SMILES string of the molecule is CCCCOC(=O)c1[nH]c2c(c1C)C(=O)C[C@H](c1ccc(OC)c(OC)c1)C2. The first kappa shape index (κ1) is 20.0. The molecule has 1 heterocycles. The fraction of sp³-hybridized carbons (Fsp3) is 0.455. The summed E-state index contributed by atoms with van der Waals surface area (Å²) < 4.78 is 16.0. The third kappa shape index (κ3) is 3.77. The topological polar surface area (TPSA) is 77.6 Å². The summed E-state index contributed by atoms with van der Waals surface area (Å²) in [4.78, 5) is 28.4. The molecule has 0 bridgehead atoms. The first-order valence-corrected chi connectivity index (χ1v) is 9.63. The van der Waals surface area contributed by atoms with Crippen molar-refractivity contribution in [3.05, 3.63) is 46.3 Å². The van der Waals surface area contributed by atoms with Crippen molar-refractivity contribution >= 4 is 11.8 Å². The number of benzene rings is 1. The molecule has 6 nitrogen and oxygen atoms in total. The number of unbranched alkanes of at least 4 members (excludes halogenated alkanes) is 1. The van der Waals surface area contributed by atoms with Crippen molar-refractivity contribution in [2.45, 2.75) is 45.4 Å². The van der Waals surface area contributed by atoms with E-state index in [1.165, 1.54) is 0 Å². The molecule has 0 amide bonds. The maximum absolute atomic E-state index is 12.8. The van der Waals surface area contributed by atoms with E-state index in [0.717, 1.165) is 24.1 Å². The van der Waals surface area contributed by atoms with Crippen LogP contribution in [-0.2, 0) is 11.2 Å². The minimum atomic E-state index is -0.393. The molecule has 0 radical (unpaired) electrons. The lowest BCUT2D eigenvalue weighted by Crippen LogP contribution is -2.18. The quantitative estimate of drug-likeness (QED) is 0.571. The van der Waals surface area contributed by atoms with Gasteiger partial charge >= 0.3 is 5.97 Å². The van der Waals surface area contributed by atoms with Gasteiger partial charge in [0.05, 0.1) is 20.8 Å². The Bertz CT molecular complexity index is 883. The fourth-order valence-electron chi connectivity index (χ4n) is 3.76. The van der Waals surface area contributed by atoms with Gasteiger partial charge in [0.15, 0.2) is 17.3 Å². The van der Waals surface area contributed by atoms with Gasteiger partial charge in [-0.15, -0.1) is 0 Å². The van der Waals surface area contributed by atoms with Gasteiger partial charge < -0.3 is 19.2 Å². The smallest absolute Gasteiger partial charge is 0.355 e. The Hall–Kier alpha value is -2.76. The van der Waals surface area contributed by atoms with E-state index in [1.807, 2.05) is 25.1 Å². The maximum Gasteiger partial charge on any atom is 0.355 e. The van der Waals surface area contributed by atoms with E-state index >= 15 is 0 Å². The highest BCUT2D eigenvalue weighted by atomic mass is 16.5. The number of nitrogens with one attached hydrogen (secondary N) is 1. The minimum Gasteiger partial charge on any atom is -0.493 e. The molecular weight excluding hydrogens is 358 g/mol. The molecule has 0 saturated carbocycles. The summed E-state index contributed by atoms with van der Waals surface area (Å²) in [5.74, 6) is 0.961. The minimum absolute atomic E-state index is 0.0156. The molecule has 1 aromatic heterocycles. The molecule has 1 aromatic carbocycles. The van der Waals surface area contributed by atoms with Gasteiger partial charge in [0, 0.05) is 17.7 Å². The molecular formula is C22H27NO5. The van der Waals surface area contributed by atoms with Gasteiger partial charge in [-0.05, 0) is 48.9 Å². The monoisotopic (exact) mass is 385 g/mol. The Kier molecular flexibility index (Phi) is 6.07. The van der Waals surface area contributed by atoms with Crippen molar-refractivity contribution in [1.29, 1.82) is 0 Å². The molecule has 1 aliphatic rings. The van der Waals surface area contributed by atoms with E-state index in [9.17, 15) is 9.59 Å². The van der Waals surface area contributed by atoms with Gasteiger partial charge in [0.2, 0.25) is 0 Å². The lowest BCUT2D eigenvalue weighted by molar-refractivity contribution is 0.0492. The summed E-state index contributed by atoms with van der Waals surface area (Å²) in [6.45, 7) is 4.24. The predicted molar refractivity (Wildman–Crippen MR) is 106 cm³/mol.